The molecule has 106 valence electrons. The summed E-state index contributed by atoms with van der Waals surface area (Å²) in [7, 11) is -1.88. The summed E-state index contributed by atoms with van der Waals surface area (Å²) in [6, 6.07) is 4.83. The maximum Gasteiger partial charge on any atom is 0.245 e. The zero-order valence-corrected chi connectivity index (χ0v) is 13.1. The van der Waals surface area contributed by atoms with Crippen molar-refractivity contribution in [2.24, 2.45) is 5.92 Å². The van der Waals surface area contributed by atoms with Gasteiger partial charge in [-0.05, 0) is 30.5 Å². The van der Waals surface area contributed by atoms with Crippen molar-refractivity contribution in [1.82, 2.24) is 4.31 Å². The van der Waals surface area contributed by atoms with Crippen LogP contribution in [0.5, 0.6) is 0 Å². The van der Waals surface area contributed by atoms with E-state index in [9.17, 15) is 8.42 Å². The van der Waals surface area contributed by atoms with Gasteiger partial charge in [-0.15, -0.1) is 0 Å². The van der Waals surface area contributed by atoms with Crippen LogP contribution < -0.4 is 5.73 Å². The molecule has 0 spiro atoms. The topological polar surface area (TPSA) is 72.6 Å². The van der Waals surface area contributed by atoms with Gasteiger partial charge >= 0.3 is 0 Å². The number of methoxy groups -OCH3 is 1. The van der Waals surface area contributed by atoms with Crippen molar-refractivity contribution in [1.29, 1.82) is 0 Å². The molecule has 0 bridgehead atoms. The van der Waals surface area contributed by atoms with Crippen LogP contribution in [0.1, 0.15) is 6.42 Å². The first kappa shape index (κ1) is 14.8. The lowest BCUT2D eigenvalue weighted by atomic mass is 10.1. The Balaban J connectivity index is 2.23. The molecule has 1 atom stereocenters. The third kappa shape index (κ3) is 3.10. The molecule has 2 rings (SSSR count). The number of sulfonamides is 1. The van der Waals surface area contributed by atoms with Gasteiger partial charge in [-0.2, -0.15) is 4.31 Å². The molecular formula is C12H17BrN2O3S. The van der Waals surface area contributed by atoms with Crippen molar-refractivity contribution in [3.63, 3.8) is 0 Å². The Morgan fingerprint density at radius 1 is 1.53 bits per heavy atom. The van der Waals surface area contributed by atoms with Crippen LogP contribution in [-0.4, -0.2) is 39.5 Å². The molecule has 0 saturated carbocycles. The first-order chi connectivity index (χ1) is 8.95. The van der Waals surface area contributed by atoms with Gasteiger partial charge in [-0.25, -0.2) is 8.42 Å². The molecule has 1 aromatic carbocycles. The number of hydrogen-bond donors (Lipinski definition) is 1. The highest BCUT2D eigenvalue weighted by molar-refractivity contribution is 9.10. The van der Waals surface area contributed by atoms with Crippen LogP contribution in [-0.2, 0) is 14.8 Å². The Bertz CT molecular complexity index is 562. The quantitative estimate of drug-likeness (QED) is 0.840. The zero-order valence-electron chi connectivity index (χ0n) is 10.7. The number of benzene rings is 1. The van der Waals surface area contributed by atoms with E-state index in [1.165, 1.54) is 4.31 Å². The van der Waals surface area contributed by atoms with Crippen LogP contribution in [0.3, 0.4) is 0 Å². The minimum atomic E-state index is -3.51. The lowest BCUT2D eigenvalue weighted by Gasteiger charge is -2.17. The van der Waals surface area contributed by atoms with E-state index in [-0.39, 0.29) is 16.5 Å². The highest BCUT2D eigenvalue weighted by atomic mass is 79.9. The second-order valence-corrected chi connectivity index (χ2v) is 7.48. The van der Waals surface area contributed by atoms with E-state index in [0.717, 1.165) is 10.9 Å². The van der Waals surface area contributed by atoms with Crippen molar-refractivity contribution in [3.8, 4) is 0 Å². The van der Waals surface area contributed by atoms with Crippen LogP contribution >= 0.6 is 15.9 Å². The molecule has 2 N–H and O–H groups in total. The summed E-state index contributed by atoms with van der Waals surface area (Å²) in [5.41, 5.74) is 6.08. The smallest absolute Gasteiger partial charge is 0.245 e. The molecule has 19 heavy (non-hydrogen) atoms. The van der Waals surface area contributed by atoms with Gasteiger partial charge in [0.25, 0.3) is 0 Å². The molecule has 1 fully saturated rings. The van der Waals surface area contributed by atoms with Gasteiger partial charge in [-0.1, -0.05) is 15.9 Å². The van der Waals surface area contributed by atoms with E-state index in [1.54, 1.807) is 25.3 Å². The van der Waals surface area contributed by atoms with Crippen molar-refractivity contribution >= 4 is 31.6 Å². The van der Waals surface area contributed by atoms with Crippen LogP contribution in [0, 0.1) is 5.92 Å². The summed E-state index contributed by atoms with van der Waals surface area (Å²) in [5.74, 6) is 0.261. The summed E-state index contributed by atoms with van der Waals surface area (Å²) in [6.45, 7) is 1.60. The fraction of sp³-hybridized carbons (Fsp3) is 0.500. The maximum atomic E-state index is 12.5. The highest BCUT2D eigenvalue weighted by Crippen LogP contribution is 2.29. The Labute approximate surface area is 121 Å². The molecule has 5 nitrogen and oxygen atoms in total. The Morgan fingerprint density at radius 3 is 2.89 bits per heavy atom. The number of hydrogen-bond acceptors (Lipinski definition) is 4. The van der Waals surface area contributed by atoms with Crippen molar-refractivity contribution in [2.75, 3.05) is 32.5 Å². The van der Waals surface area contributed by atoms with Crippen molar-refractivity contribution in [2.45, 2.75) is 11.3 Å². The second kappa shape index (κ2) is 5.78. The molecule has 1 heterocycles. The van der Waals surface area contributed by atoms with Crippen LogP contribution in [0.4, 0.5) is 5.69 Å². The minimum Gasteiger partial charge on any atom is -0.398 e. The fourth-order valence-corrected chi connectivity index (χ4v) is 4.29. The van der Waals surface area contributed by atoms with E-state index < -0.39 is 10.0 Å². The predicted molar refractivity (Wildman–Crippen MR) is 77.3 cm³/mol. The van der Waals surface area contributed by atoms with Gasteiger partial charge in [0.05, 0.1) is 12.3 Å². The van der Waals surface area contributed by atoms with Crippen LogP contribution in [0.15, 0.2) is 27.6 Å². The molecule has 1 aromatic rings. The molecule has 1 saturated heterocycles. The summed E-state index contributed by atoms with van der Waals surface area (Å²) in [4.78, 5) is 0.175. The molecule has 0 aliphatic carbocycles. The maximum absolute atomic E-state index is 12.5. The second-order valence-electron chi connectivity index (χ2n) is 4.66. The third-order valence-electron chi connectivity index (χ3n) is 3.24. The standard InChI is InChI=1S/C12H17BrN2O3S/c1-18-8-9-4-5-15(7-9)19(16,17)12-3-2-10(13)6-11(12)14/h2-3,6,9H,4-5,7-8,14H2,1H3. The average molecular weight is 349 g/mol. The van der Waals surface area contributed by atoms with E-state index in [1.807, 2.05) is 0 Å². The monoisotopic (exact) mass is 348 g/mol. The van der Waals surface area contributed by atoms with Gasteiger partial charge in [0, 0.05) is 24.7 Å². The van der Waals surface area contributed by atoms with E-state index >= 15 is 0 Å². The molecule has 0 amide bonds. The molecule has 1 unspecified atom stereocenters. The van der Waals surface area contributed by atoms with Gasteiger partial charge in [0.15, 0.2) is 0 Å². The predicted octanol–water partition coefficient (Wildman–Crippen LogP) is 1.69. The Kier molecular flexibility index (Phi) is 4.50. The first-order valence-corrected chi connectivity index (χ1v) is 8.22. The zero-order chi connectivity index (χ0) is 14.0. The van der Waals surface area contributed by atoms with Gasteiger partial charge in [-0.3, -0.25) is 0 Å². The highest BCUT2D eigenvalue weighted by Gasteiger charge is 2.33. The van der Waals surface area contributed by atoms with E-state index in [4.69, 9.17) is 10.5 Å². The van der Waals surface area contributed by atoms with Gasteiger partial charge in [0.2, 0.25) is 10.0 Å². The first-order valence-electron chi connectivity index (χ1n) is 5.99. The summed E-state index contributed by atoms with van der Waals surface area (Å²) in [6.07, 6.45) is 0.823. The molecular weight excluding hydrogens is 332 g/mol. The lowest BCUT2D eigenvalue weighted by Crippen LogP contribution is -2.30. The molecule has 7 heteroatoms. The van der Waals surface area contributed by atoms with Crippen molar-refractivity contribution in [3.05, 3.63) is 22.7 Å². The van der Waals surface area contributed by atoms with Crippen molar-refractivity contribution < 1.29 is 13.2 Å². The van der Waals surface area contributed by atoms with E-state index in [0.29, 0.717) is 19.7 Å². The normalized spacial score (nSPS) is 20.8. The summed E-state index contributed by atoms with van der Waals surface area (Å²) < 4.78 is 32.3. The minimum absolute atomic E-state index is 0.175. The van der Waals surface area contributed by atoms with E-state index in [2.05, 4.69) is 15.9 Å². The third-order valence-corrected chi connectivity index (χ3v) is 5.67. The number of rotatable bonds is 4. The molecule has 1 aliphatic heterocycles. The fourth-order valence-electron chi connectivity index (χ4n) is 2.28. The number of nitrogens with zero attached hydrogens (tertiary/aromatic N) is 1. The summed E-state index contributed by atoms with van der Waals surface area (Å²) >= 11 is 3.27. The number of nitrogen functional groups attached to an aromatic ring is 1. The number of nitrogens with two attached hydrogens (primary N) is 1. The molecule has 0 radical (unpaired) electrons. The lowest BCUT2D eigenvalue weighted by molar-refractivity contribution is 0.157. The number of anilines is 1. The Morgan fingerprint density at radius 2 is 2.26 bits per heavy atom. The van der Waals surface area contributed by atoms with Crippen LogP contribution in [0.2, 0.25) is 0 Å². The van der Waals surface area contributed by atoms with Crippen LogP contribution in [0.25, 0.3) is 0 Å². The largest absolute Gasteiger partial charge is 0.398 e. The Hall–Kier alpha value is -0.630. The number of halogens is 1. The summed E-state index contributed by atoms with van der Waals surface area (Å²) in [5, 5.41) is 0. The van der Waals surface area contributed by atoms with Gasteiger partial charge < -0.3 is 10.5 Å². The number of ether oxygens (including phenoxy) is 1. The van der Waals surface area contributed by atoms with Gasteiger partial charge in [0.1, 0.15) is 4.90 Å². The molecule has 0 aromatic heterocycles. The SMILES string of the molecule is COCC1CCN(S(=O)(=O)c2ccc(Br)cc2N)C1. The average Bonchev–Trinajstić information content (AvgIpc) is 2.78. The molecule has 1 aliphatic rings.